The summed E-state index contributed by atoms with van der Waals surface area (Å²) in [4.78, 5) is 4.25. The Balaban J connectivity index is 1.92. The quantitative estimate of drug-likeness (QED) is 0.879. The maximum absolute atomic E-state index is 12.9. The summed E-state index contributed by atoms with van der Waals surface area (Å²) in [7, 11) is 1.98. The molecule has 0 spiro atoms. The number of nitrogens with zero attached hydrogens (tertiary/aromatic N) is 2. The first-order valence-corrected chi connectivity index (χ1v) is 5.63. The second-order valence-corrected chi connectivity index (χ2v) is 4.09. The molecule has 0 atom stereocenters. The number of rotatable bonds is 4. The van der Waals surface area contributed by atoms with Crippen LogP contribution >= 0.6 is 0 Å². The first kappa shape index (κ1) is 11.6. The van der Waals surface area contributed by atoms with Crippen molar-refractivity contribution >= 4 is 5.69 Å². The molecule has 0 saturated carbocycles. The molecule has 0 radical (unpaired) electrons. The molecule has 90 valence electrons. The minimum absolute atomic E-state index is 0.197. The molecule has 1 heterocycles. The van der Waals surface area contributed by atoms with Crippen molar-refractivity contribution in [3.05, 3.63) is 47.8 Å². The van der Waals surface area contributed by atoms with Crippen LogP contribution in [0, 0.1) is 12.7 Å². The van der Waals surface area contributed by atoms with E-state index in [4.69, 9.17) is 0 Å². The fourth-order valence-electron chi connectivity index (χ4n) is 1.77. The zero-order valence-corrected chi connectivity index (χ0v) is 10.1. The summed E-state index contributed by atoms with van der Waals surface area (Å²) in [5.41, 5.74) is 1.89. The van der Waals surface area contributed by atoms with Crippen molar-refractivity contribution < 1.29 is 4.39 Å². The molecule has 0 bridgehead atoms. The van der Waals surface area contributed by atoms with Crippen LogP contribution < -0.4 is 5.32 Å². The van der Waals surface area contributed by atoms with Gasteiger partial charge >= 0.3 is 0 Å². The maximum Gasteiger partial charge on any atom is 0.123 e. The first-order valence-electron chi connectivity index (χ1n) is 5.63. The molecule has 0 amide bonds. The van der Waals surface area contributed by atoms with Crippen LogP contribution in [0.25, 0.3) is 0 Å². The van der Waals surface area contributed by atoms with Crippen LogP contribution in [0.4, 0.5) is 10.1 Å². The van der Waals surface area contributed by atoms with Crippen LogP contribution in [0.2, 0.25) is 0 Å². The summed E-state index contributed by atoms with van der Waals surface area (Å²) in [5.74, 6) is 0.842. The smallest absolute Gasteiger partial charge is 0.123 e. The lowest BCUT2D eigenvalue weighted by molar-refractivity contribution is 0.627. The second-order valence-electron chi connectivity index (χ2n) is 4.09. The molecule has 3 nitrogen and oxygen atoms in total. The Morgan fingerprint density at radius 1 is 1.41 bits per heavy atom. The van der Waals surface area contributed by atoms with Gasteiger partial charge in [0.2, 0.25) is 0 Å². The van der Waals surface area contributed by atoms with Gasteiger partial charge in [0.1, 0.15) is 11.6 Å². The third kappa shape index (κ3) is 2.84. The standard InChI is InChI=1S/C13H16FN3/c1-10-9-11(14)3-4-12(10)15-6-5-13-16-7-8-17(13)2/h3-4,7-9,15H,5-6H2,1-2H3. The van der Waals surface area contributed by atoms with Crippen LogP contribution in [0.3, 0.4) is 0 Å². The number of nitrogens with one attached hydrogen (secondary N) is 1. The number of benzene rings is 1. The van der Waals surface area contributed by atoms with Gasteiger partial charge in [-0.2, -0.15) is 0 Å². The lowest BCUT2D eigenvalue weighted by Gasteiger charge is -2.09. The molecular formula is C13H16FN3. The Kier molecular flexibility index (Phi) is 3.42. The number of hydrogen-bond donors (Lipinski definition) is 1. The van der Waals surface area contributed by atoms with Crippen molar-refractivity contribution in [3.63, 3.8) is 0 Å². The summed E-state index contributed by atoms with van der Waals surface area (Å²) in [6, 6.07) is 4.77. The molecule has 0 fully saturated rings. The summed E-state index contributed by atoms with van der Waals surface area (Å²) in [6.45, 7) is 2.68. The average molecular weight is 233 g/mol. The van der Waals surface area contributed by atoms with E-state index < -0.39 is 0 Å². The summed E-state index contributed by atoms with van der Waals surface area (Å²) in [6.07, 6.45) is 4.57. The zero-order chi connectivity index (χ0) is 12.3. The molecule has 0 unspecified atom stereocenters. The molecule has 2 aromatic rings. The Morgan fingerprint density at radius 3 is 2.88 bits per heavy atom. The van der Waals surface area contributed by atoms with Gasteiger partial charge in [0.25, 0.3) is 0 Å². The van der Waals surface area contributed by atoms with Crippen molar-refractivity contribution in [2.45, 2.75) is 13.3 Å². The third-order valence-corrected chi connectivity index (χ3v) is 2.77. The molecule has 0 aliphatic heterocycles. The number of halogens is 1. The monoisotopic (exact) mass is 233 g/mol. The Morgan fingerprint density at radius 2 is 2.24 bits per heavy atom. The molecule has 1 N–H and O–H groups in total. The van der Waals surface area contributed by atoms with Crippen molar-refractivity contribution in [2.24, 2.45) is 7.05 Å². The van der Waals surface area contributed by atoms with Crippen LogP contribution in [-0.2, 0) is 13.5 Å². The average Bonchev–Trinajstić information content (AvgIpc) is 2.68. The number of hydrogen-bond acceptors (Lipinski definition) is 2. The van der Waals surface area contributed by atoms with Crippen LogP contribution in [0.5, 0.6) is 0 Å². The zero-order valence-electron chi connectivity index (χ0n) is 10.1. The predicted octanol–water partition coefficient (Wildman–Crippen LogP) is 2.52. The molecule has 0 aliphatic carbocycles. The fraction of sp³-hybridized carbons (Fsp3) is 0.308. The number of imidazole rings is 1. The van der Waals surface area contributed by atoms with Crippen molar-refractivity contribution in [1.82, 2.24) is 9.55 Å². The van der Waals surface area contributed by atoms with Gasteiger partial charge in [-0.05, 0) is 30.7 Å². The molecular weight excluding hydrogens is 217 g/mol. The van der Waals surface area contributed by atoms with Gasteiger partial charge in [-0.1, -0.05) is 0 Å². The molecule has 4 heteroatoms. The van der Waals surface area contributed by atoms with Crippen molar-refractivity contribution in [3.8, 4) is 0 Å². The highest BCUT2D eigenvalue weighted by Gasteiger charge is 2.01. The van der Waals surface area contributed by atoms with Gasteiger partial charge in [-0.25, -0.2) is 9.37 Å². The van der Waals surface area contributed by atoms with Crippen LogP contribution in [-0.4, -0.2) is 16.1 Å². The normalized spacial score (nSPS) is 10.5. The van der Waals surface area contributed by atoms with E-state index in [0.717, 1.165) is 30.0 Å². The minimum Gasteiger partial charge on any atom is -0.384 e. The van der Waals surface area contributed by atoms with Gasteiger partial charge in [0, 0.05) is 38.1 Å². The fourth-order valence-corrected chi connectivity index (χ4v) is 1.77. The van der Waals surface area contributed by atoms with Crippen molar-refractivity contribution in [2.75, 3.05) is 11.9 Å². The Labute approximate surface area is 100 Å². The maximum atomic E-state index is 12.9. The molecule has 1 aromatic carbocycles. The topological polar surface area (TPSA) is 29.9 Å². The van der Waals surface area contributed by atoms with E-state index in [1.165, 1.54) is 12.1 Å². The highest BCUT2D eigenvalue weighted by Crippen LogP contribution is 2.15. The summed E-state index contributed by atoms with van der Waals surface area (Å²) >= 11 is 0. The molecule has 0 saturated heterocycles. The van der Waals surface area contributed by atoms with E-state index in [2.05, 4.69) is 10.3 Å². The lowest BCUT2D eigenvalue weighted by atomic mass is 10.2. The van der Waals surface area contributed by atoms with Gasteiger partial charge in [0.05, 0.1) is 0 Å². The van der Waals surface area contributed by atoms with E-state index in [1.54, 1.807) is 12.3 Å². The Bertz CT molecular complexity index is 505. The third-order valence-electron chi connectivity index (χ3n) is 2.77. The largest absolute Gasteiger partial charge is 0.384 e. The van der Waals surface area contributed by atoms with E-state index in [9.17, 15) is 4.39 Å². The molecule has 0 aliphatic rings. The minimum atomic E-state index is -0.197. The Hall–Kier alpha value is -1.84. The van der Waals surface area contributed by atoms with Crippen LogP contribution in [0.15, 0.2) is 30.6 Å². The highest BCUT2D eigenvalue weighted by atomic mass is 19.1. The molecule has 17 heavy (non-hydrogen) atoms. The van der Waals surface area contributed by atoms with Gasteiger partial charge < -0.3 is 9.88 Å². The lowest BCUT2D eigenvalue weighted by Crippen LogP contribution is -2.09. The van der Waals surface area contributed by atoms with E-state index in [-0.39, 0.29) is 5.82 Å². The van der Waals surface area contributed by atoms with Gasteiger partial charge in [-0.3, -0.25) is 0 Å². The summed E-state index contributed by atoms with van der Waals surface area (Å²) in [5, 5.41) is 3.29. The number of aromatic nitrogens is 2. The molecule has 2 rings (SSSR count). The predicted molar refractivity (Wildman–Crippen MR) is 66.5 cm³/mol. The van der Waals surface area contributed by atoms with E-state index >= 15 is 0 Å². The highest BCUT2D eigenvalue weighted by molar-refractivity contribution is 5.50. The number of aryl methyl sites for hydroxylation is 2. The van der Waals surface area contributed by atoms with E-state index in [0.29, 0.717) is 0 Å². The SMILES string of the molecule is Cc1cc(F)ccc1NCCc1nccn1C. The van der Waals surface area contributed by atoms with Crippen molar-refractivity contribution in [1.29, 1.82) is 0 Å². The van der Waals surface area contributed by atoms with Gasteiger partial charge in [0.15, 0.2) is 0 Å². The van der Waals surface area contributed by atoms with Gasteiger partial charge in [-0.15, -0.1) is 0 Å². The second kappa shape index (κ2) is 4.99. The first-order chi connectivity index (χ1) is 8.16. The molecule has 1 aromatic heterocycles. The van der Waals surface area contributed by atoms with E-state index in [1.807, 2.05) is 24.7 Å². The number of anilines is 1. The summed E-state index contributed by atoms with van der Waals surface area (Å²) < 4.78 is 14.9. The van der Waals surface area contributed by atoms with Crippen LogP contribution in [0.1, 0.15) is 11.4 Å².